The molecule has 1 aliphatic carbocycles. The van der Waals surface area contributed by atoms with Crippen molar-refractivity contribution in [2.45, 2.75) is 57.9 Å². The van der Waals surface area contributed by atoms with E-state index in [4.69, 9.17) is 0 Å². The van der Waals surface area contributed by atoms with Gasteiger partial charge in [-0.1, -0.05) is 37.8 Å². The van der Waals surface area contributed by atoms with Gasteiger partial charge in [0.05, 0.1) is 6.07 Å². The van der Waals surface area contributed by atoms with E-state index in [1.54, 1.807) is 0 Å². The van der Waals surface area contributed by atoms with Crippen molar-refractivity contribution < 1.29 is 4.79 Å². The number of nitrogens with zero attached hydrogens (tertiary/aromatic N) is 2. The number of anilines is 1. The molecule has 0 spiro atoms. The average Bonchev–Trinajstić information content (AvgIpc) is 2.63. The van der Waals surface area contributed by atoms with Gasteiger partial charge in [-0.05, 0) is 56.5 Å². The molecular weight excluding hydrogens is 298 g/mol. The number of rotatable bonds is 4. The first-order chi connectivity index (χ1) is 11.7. The molecule has 0 radical (unpaired) electrons. The maximum atomic E-state index is 12.7. The molecular formula is C20H27N3O. The van der Waals surface area contributed by atoms with Crippen molar-refractivity contribution in [3.8, 4) is 6.07 Å². The average molecular weight is 325 g/mol. The highest BCUT2D eigenvalue weighted by molar-refractivity contribution is 5.97. The van der Waals surface area contributed by atoms with Gasteiger partial charge in [0.1, 0.15) is 5.41 Å². The topological polar surface area (TPSA) is 56.1 Å². The Labute approximate surface area is 144 Å². The number of nitriles is 1. The van der Waals surface area contributed by atoms with E-state index in [0.29, 0.717) is 12.8 Å². The Morgan fingerprint density at radius 3 is 2.54 bits per heavy atom. The van der Waals surface area contributed by atoms with Crippen molar-refractivity contribution in [3.05, 3.63) is 29.8 Å². The molecule has 2 fully saturated rings. The van der Waals surface area contributed by atoms with Gasteiger partial charge in [-0.25, -0.2) is 0 Å². The zero-order valence-electron chi connectivity index (χ0n) is 14.4. The monoisotopic (exact) mass is 325 g/mol. The molecule has 2 aliphatic rings. The highest BCUT2D eigenvalue weighted by Gasteiger charge is 2.39. The molecule has 3 rings (SSSR count). The lowest BCUT2D eigenvalue weighted by molar-refractivity contribution is -0.124. The Hall–Kier alpha value is -1.86. The molecule has 0 aromatic heterocycles. The van der Waals surface area contributed by atoms with E-state index in [2.05, 4.69) is 28.4 Å². The molecule has 0 unspecified atom stereocenters. The summed E-state index contributed by atoms with van der Waals surface area (Å²) in [6.07, 6.45) is 8.32. The van der Waals surface area contributed by atoms with Crippen LogP contribution >= 0.6 is 0 Å². The maximum Gasteiger partial charge on any atom is 0.244 e. The molecule has 1 aliphatic heterocycles. The predicted molar refractivity (Wildman–Crippen MR) is 95.3 cm³/mol. The third-order valence-electron chi connectivity index (χ3n) is 5.40. The summed E-state index contributed by atoms with van der Waals surface area (Å²) in [4.78, 5) is 15.2. The van der Waals surface area contributed by atoms with Crippen LogP contribution in [-0.2, 0) is 11.3 Å². The molecule has 128 valence electrons. The van der Waals surface area contributed by atoms with Crippen LogP contribution in [0.15, 0.2) is 24.3 Å². The molecule has 0 bridgehead atoms. The first kappa shape index (κ1) is 17.0. The molecule has 24 heavy (non-hydrogen) atoms. The molecule has 1 heterocycles. The highest BCUT2D eigenvalue weighted by Crippen LogP contribution is 2.36. The van der Waals surface area contributed by atoms with Gasteiger partial charge in [-0.2, -0.15) is 5.26 Å². The summed E-state index contributed by atoms with van der Waals surface area (Å²) < 4.78 is 0. The van der Waals surface area contributed by atoms with Crippen molar-refractivity contribution in [1.82, 2.24) is 4.90 Å². The molecule has 1 amide bonds. The molecule has 1 aromatic carbocycles. The second-order valence-electron chi connectivity index (χ2n) is 7.25. The summed E-state index contributed by atoms with van der Waals surface area (Å²) in [6, 6.07) is 10.4. The lowest BCUT2D eigenvalue weighted by Gasteiger charge is -2.29. The Bertz CT molecular complexity index is 608. The van der Waals surface area contributed by atoms with Crippen molar-refractivity contribution in [2.75, 3.05) is 18.4 Å². The van der Waals surface area contributed by atoms with Gasteiger partial charge in [0, 0.05) is 12.2 Å². The molecule has 1 saturated heterocycles. The Kier molecular flexibility index (Phi) is 5.52. The second kappa shape index (κ2) is 7.81. The van der Waals surface area contributed by atoms with Crippen LogP contribution in [0.25, 0.3) is 0 Å². The van der Waals surface area contributed by atoms with Gasteiger partial charge in [-0.15, -0.1) is 0 Å². The zero-order valence-corrected chi connectivity index (χ0v) is 14.4. The highest BCUT2D eigenvalue weighted by atomic mass is 16.2. The van der Waals surface area contributed by atoms with Gasteiger partial charge in [0.15, 0.2) is 0 Å². The van der Waals surface area contributed by atoms with E-state index < -0.39 is 5.41 Å². The second-order valence-corrected chi connectivity index (χ2v) is 7.25. The number of likely N-dealkylation sites (tertiary alicyclic amines) is 1. The van der Waals surface area contributed by atoms with Gasteiger partial charge >= 0.3 is 0 Å². The number of carbonyl (C=O) groups is 1. The standard InChI is InChI=1S/C20H27N3O/c21-16-20(10-3-1-4-11-20)19(24)22-18-9-7-8-17(14-18)15-23-12-5-2-6-13-23/h7-9,14H,1-6,10-13,15H2,(H,22,24). The molecule has 4 heteroatoms. The van der Waals surface area contributed by atoms with E-state index in [9.17, 15) is 10.1 Å². The van der Waals surface area contributed by atoms with Gasteiger partial charge in [0.25, 0.3) is 0 Å². The third kappa shape index (κ3) is 3.96. The number of carbonyl (C=O) groups excluding carboxylic acids is 1. The Morgan fingerprint density at radius 1 is 1.12 bits per heavy atom. The largest absolute Gasteiger partial charge is 0.325 e. The molecule has 1 saturated carbocycles. The van der Waals surface area contributed by atoms with E-state index in [-0.39, 0.29) is 5.91 Å². The Morgan fingerprint density at radius 2 is 1.83 bits per heavy atom. The summed E-state index contributed by atoms with van der Waals surface area (Å²) in [5, 5.41) is 12.5. The minimum Gasteiger partial charge on any atom is -0.325 e. The third-order valence-corrected chi connectivity index (χ3v) is 5.40. The van der Waals surface area contributed by atoms with Crippen molar-refractivity contribution in [2.24, 2.45) is 5.41 Å². The summed E-state index contributed by atoms with van der Waals surface area (Å²) in [5.74, 6) is -0.125. The van der Waals surface area contributed by atoms with Crippen LogP contribution in [0.4, 0.5) is 5.69 Å². The zero-order chi connectivity index (χ0) is 16.8. The smallest absolute Gasteiger partial charge is 0.244 e. The fraction of sp³-hybridized carbons (Fsp3) is 0.600. The van der Waals surface area contributed by atoms with Crippen LogP contribution < -0.4 is 5.32 Å². The summed E-state index contributed by atoms with van der Waals surface area (Å²) in [7, 11) is 0. The van der Waals surface area contributed by atoms with Crippen LogP contribution in [-0.4, -0.2) is 23.9 Å². The van der Waals surface area contributed by atoms with Crippen molar-refractivity contribution >= 4 is 11.6 Å². The fourth-order valence-electron chi connectivity index (χ4n) is 3.92. The summed E-state index contributed by atoms with van der Waals surface area (Å²) >= 11 is 0. The predicted octanol–water partition coefficient (Wildman–Crippen LogP) is 4.09. The number of piperidine rings is 1. The lowest BCUT2D eigenvalue weighted by atomic mass is 9.74. The Balaban J connectivity index is 1.65. The maximum absolute atomic E-state index is 12.7. The van der Waals surface area contributed by atoms with Gasteiger partial charge in [-0.3, -0.25) is 9.69 Å². The van der Waals surface area contributed by atoms with Crippen molar-refractivity contribution in [3.63, 3.8) is 0 Å². The van der Waals surface area contributed by atoms with Crippen LogP contribution in [0.5, 0.6) is 0 Å². The number of benzene rings is 1. The van der Waals surface area contributed by atoms with E-state index >= 15 is 0 Å². The van der Waals surface area contributed by atoms with Crippen LogP contribution in [0.1, 0.15) is 56.9 Å². The van der Waals surface area contributed by atoms with Gasteiger partial charge < -0.3 is 5.32 Å². The van der Waals surface area contributed by atoms with Crippen LogP contribution in [0.3, 0.4) is 0 Å². The number of amides is 1. The fourth-order valence-corrected chi connectivity index (χ4v) is 3.92. The molecule has 1 N–H and O–H groups in total. The number of hydrogen-bond donors (Lipinski definition) is 1. The summed E-state index contributed by atoms with van der Waals surface area (Å²) in [6.45, 7) is 3.26. The minimum absolute atomic E-state index is 0.125. The van der Waals surface area contributed by atoms with Crippen molar-refractivity contribution in [1.29, 1.82) is 5.26 Å². The molecule has 4 nitrogen and oxygen atoms in total. The van der Waals surface area contributed by atoms with E-state index in [1.807, 2.05) is 12.1 Å². The minimum atomic E-state index is -0.832. The molecule has 0 atom stereocenters. The van der Waals surface area contributed by atoms with Crippen LogP contribution in [0.2, 0.25) is 0 Å². The van der Waals surface area contributed by atoms with E-state index in [1.165, 1.54) is 24.8 Å². The quantitative estimate of drug-likeness (QED) is 0.907. The number of nitrogens with one attached hydrogen (secondary N) is 1. The SMILES string of the molecule is N#CC1(C(=O)Nc2cccc(CN3CCCCC3)c2)CCCCC1. The normalized spacial score (nSPS) is 21.0. The lowest BCUT2D eigenvalue weighted by Crippen LogP contribution is -2.36. The van der Waals surface area contributed by atoms with Crippen LogP contribution in [0, 0.1) is 16.7 Å². The number of hydrogen-bond acceptors (Lipinski definition) is 3. The molecule has 1 aromatic rings. The summed E-state index contributed by atoms with van der Waals surface area (Å²) in [5.41, 5.74) is 1.21. The van der Waals surface area contributed by atoms with E-state index in [0.717, 1.165) is 44.6 Å². The first-order valence-electron chi connectivity index (χ1n) is 9.26. The van der Waals surface area contributed by atoms with Gasteiger partial charge in [0.2, 0.25) is 5.91 Å². The first-order valence-corrected chi connectivity index (χ1v) is 9.26.